The summed E-state index contributed by atoms with van der Waals surface area (Å²) in [6, 6.07) is 7.49. The molecule has 0 radical (unpaired) electrons. The van der Waals surface area contributed by atoms with E-state index in [0.29, 0.717) is 0 Å². The summed E-state index contributed by atoms with van der Waals surface area (Å²) in [7, 11) is -3.33. The lowest BCUT2D eigenvalue weighted by molar-refractivity contribution is 0.579. The Hall–Kier alpha value is -1.24. The van der Waals surface area contributed by atoms with Crippen LogP contribution in [0.25, 0.3) is 0 Å². The fourth-order valence-corrected chi connectivity index (χ4v) is 3.52. The highest BCUT2D eigenvalue weighted by Crippen LogP contribution is 2.12. The van der Waals surface area contributed by atoms with Crippen LogP contribution in [-0.4, -0.2) is 13.4 Å². The molecule has 102 valence electrons. The molecule has 0 bridgehead atoms. The number of rotatable bonds is 5. The number of nitrogens with one attached hydrogen (secondary N) is 1. The van der Waals surface area contributed by atoms with Gasteiger partial charge in [-0.15, -0.1) is 11.3 Å². The predicted octanol–water partition coefficient (Wildman–Crippen LogP) is 2.38. The minimum Gasteiger partial charge on any atom is -0.245 e. The maximum Gasteiger partial charge on any atom is 0.216 e. The van der Waals surface area contributed by atoms with Gasteiger partial charge in [0.25, 0.3) is 0 Å². The van der Waals surface area contributed by atoms with Crippen LogP contribution in [0, 0.1) is 13.8 Å². The number of aryl methyl sites for hydroxylation is 2. The Labute approximate surface area is 117 Å². The molecule has 2 aromatic rings. The predicted molar refractivity (Wildman–Crippen MR) is 77.5 cm³/mol. The molecule has 1 aromatic heterocycles. The van der Waals surface area contributed by atoms with Gasteiger partial charge in [0.2, 0.25) is 10.0 Å². The number of aromatic nitrogens is 1. The fourth-order valence-electron chi connectivity index (χ4n) is 1.70. The zero-order valence-electron chi connectivity index (χ0n) is 10.9. The fraction of sp³-hybridized carbons (Fsp3) is 0.308. The third kappa shape index (κ3) is 4.12. The lowest BCUT2D eigenvalue weighted by Gasteiger charge is -2.07. The first-order chi connectivity index (χ1) is 8.96. The maximum atomic E-state index is 12.0. The van der Waals surface area contributed by atoms with Crippen LogP contribution in [0.4, 0.5) is 0 Å². The van der Waals surface area contributed by atoms with Crippen LogP contribution in [0.1, 0.15) is 21.8 Å². The average Bonchev–Trinajstić information content (AvgIpc) is 2.76. The second-order valence-electron chi connectivity index (χ2n) is 4.36. The molecule has 0 atom stereocenters. The minimum absolute atomic E-state index is 0.00277. The Morgan fingerprint density at radius 3 is 2.63 bits per heavy atom. The molecule has 2 rings (SSSR count). The molecule has 19 heavy (non-hydrogen) atoms. The van der Waals surface area contributed by atoms with Gasteiger partial charge in [-0.25, -0.2) is 18.1 Å². The molecule has 0 aliphatic carbocycles. The Kier molecular flexibility index (Phi) is 4.34. The van der Waals surface area contributed by atoms with E-state index < -0.39 is 10.0 Å². The monoisotopic (exact) mass is 296 g/mol. The molecule has 4 nitrogen and oxygen atoms in total. The van der Waals surface area contributed by atoms with Gasteiger partial charge in [-0.2, -0.15) is 0 Å². The number of hydrogen-bond donors (Lipinski definition) is 1. The summed E-state index contributed by atoms with van der Waals surface area (Å²) < 4.78 is 26.6. The van der Waals surface area contributed by atoms with Crippen molar-refractivity contribution in [2.75, 3.05) is 0 Å². The van der Waals surface area contributed by atoms with Gasteiger partial charge in [-0.3, -0.25) is 0 Å². The first-order valence-electron chi connectivity index (χ1n) is 5.89. The van der Waals surface area contributed by atoms with E-state index in [1.54, 1.807) is 0 Å². The molecular weight excluding hydrogens is 280 g/mol. The second-order valence-corrected chi connectivity index (χ2v) is 7.23. The van der Waals surface area contributed by atoms with Crippen LogP contribution in [0.3, 0.4) is 0 Å². The Balaban J connectivity index is 2.01. The number of hydrogen-bond acceptors (Lipinski definition) is 4. The first kappa shape index (κ1) is 14.2. The lowest BCUT2D eigenvalue weighted by atomic mass is 10.1. The third-order valence-electron chi connectivity index (χ3n) is 2.75. The molecule has 0 amide bonds. The van der Waals surface area contributed by atoms with Gasteiger partial charge in [0, 0.05) is 5.38 Å². The van der Waals surface area contributed by atoms with Gasteiger partial charge in [0.1, 0.15) is 0 Å². The van der Waals surface area contributed by atoms with E-state index >= 15 is 0 Å². The molecule has 0 spiro atoms. The molecule has 0 unspecified atom stereocenters. The molecule has 0 fully saturated rings. The molecule has 0 saturated heterocycles. The summed E-state index contributed by atoms with van der Waals surface area (Å²) in [6.07, 6.45) is 0. The van der Waals surface area contributed by atoms with Crippen LogP contribution in [0.15, 0.2) is 29.6 Å². The van der Waals surface area contributed by atoms with Crippen molar-refractivity contribution in [3.8, 4) is 0 Å². The van der Waals surface area contributed by atoms with Gasteiger partial charge in [0.05, 0.1) is 23.0 Å². The summed E-state index contributed by atoms with van der Waals surface area (Å²) in [4.78, 5) is 4.23. The van der Waals surface area contributed by atoms with E-state index in [1.165, 1.54) is 11.3 Å². The van der Waals surface area contributed by atoms with Crippen molar-refractivity contribution in [1.29, 1.82) is 0 Å². The zero-order valence-corrected chi connectivity index (χ0v) is 12.5. The normalized spacial score (nSPS) is 11.7. The van der Waals surface area contributed by atoms with Crippen LogP contribution < -0.4 is 4.72 Å². The number of benzene rings is 1. The summed E-state index contributed by atoms with van der Waals surface area (Å²) in [6.45, 7) is 4.06. The summed E-state index contributed by atoms with van der Waals surface area (Å²) >= 11 is 1.52. The Bertz CT molecular complexity index is 663. The molecular formula is C13H16N2O2S2. The van der Waals surface area contributed by atoms with Crippen molar-refractivity contribution in [3.63, 3.8) is 0 Å². The maximum absolute atomic E-state index is 12.0. The quantitative estimate of drug-likeness (QED) is 0.921. The van der Waals surface area contributed by atoms with E-state index in [2.05, 4.69) is 9.71 Å². The topological polar surface area (TPSA) is 59.1 Å². The first-order valence-corrected chi connectivity index (χ1v) is 8.42. The summed E-state index contributed by atoms with van der Waals surface area (Å²) in [5.41, 5.74) is 2.57. The molecule has 1 N–H and O–H groups in total. The van der Waals surface area contributed by atoms with Gasteiger partial charge in [-0.1, -0.05) is 24.3 Å². The standard InChI is InChI=1S/C13H16N2O2S2/c1-10-5-3-4-6-12(10)9-19(16,17)14-7-13-8-18-11(2)15-13/h3-6,8,14H,7,9H2,1-2H3. The SMILES string of the molecule is Cc1nc(CNS(=O)(=O)Cc2ccccc2C)cs1. The molecule has 1 heterocycles. The number of thiazole rings is 1. The molecule has 6 heteroatoms. The number of sulfonamides is 1. The van der Waals surface area contributed by atoms with Crippen molar-refractivity contribution < 1.29 is 8.42 Å². The van der Waals surface area contributed by atoms with Crippen molar-refractivity contribution in [2.45, 2.75) is 26.1 Å². The van der Waals surface area contributed by atoms with E-state index in [9.17, 15) is 8.42 Å². The van der Waals surface area contributed by atoms with Crippen LogP contribution >= 0.6 is 11.3 Å². The van der Waals surface area contributed by atoms with Gasteiger partial charge < -0.3 is 0 Å². The van der Waals surface area contributed by atoms with E-state index in [4.69, 9.17) is 0 Å². The highest BCUT2D eigenvalue weighted by molar-refractivity contribution is 7.88. The smallest absolute Gasteiger partial charge is 0.216 e. The lowest BCUT2D eigenvalue weighted by Crippen LogP contribution is -2.25. The summed E-state index contributed by atoms with van der Waals surface area (Å²) in [5.74, 6) is 0.00277. The highest BCUT2D eigenvalue weighted by atomic mass is 32.2. The highest BCUT2D eigenvalue weighted by Gasteiger charge is 2.13. The number of nitrogens with zero attached hydrogens (tertiary/aromatic N) is 1. The molecule has 0 aliphatic heterocycles. The van der Waals surface area contributed by atoms with Crippen molar-refractivity contribution in [2.24, 2.45) is 0 Å². The Morgan fingerprint density at radius 1 is 1.26 bits per heavy atom. The molecule has 1 aromatic carbocycles. The Morgan fingerprint density at radius 2 is 2.00 bits per heavy atom. The van der Waals surface area contributed by atoms with Crippen LogP contribution in [0.2, 0.25) is 0 Å². The van der Waals surface area contributed by atoms with E-state index in [1.807, 2.05) is 43.5 Å². The zero-order chi connectivity index (χ0) is 13.9. The van der Waals surface area contributed by atoms with Gasteiger partial charge in [-0.05, 0) is 25.0 Å². The largest absolute Gasteiger partial charge is 0.245 e. The third-order valence-corrected chi connectivity index (χ3v) is 4.84. The second kappa shape index (κ2) is 5.81. The minimum atomic E-state index is -3.33. The van der Waals surface area contributed by atoms with Crippen molar-refractivity contribution >= 4 is 21.4 Å². The van der Waals surface area contributed by atoms with Crippen molar-refractivity contribution in [3.05, 3.63) is 51.5 Å². The van der Waals surface area contributed by atoms with E-state index in [0.717, 1.165) is 21.8 Å². The molecule has 0 saturated carbocycles. The van der Waals surface area contributed by atoms with Crippen molar-refractivity contribution in [1.82, 2.24) is 9.71 Å². The summed E-state index contributed by atoms with van der Waals surface area (Å²) in [5, 5.41) is 2.80. The average molecular weight is 296 g/mol. The van der Waals surface area contributed by atoms with Gasteiger partial charge in [0.15, 0.2) is 0 Å². The van der Waals surface area contributed by atoms with Gasteiger partial charge >= 0.3 is 0 Å². The van der Waals surface area contributed by atoms with Crippen LogP contribution in [0.5, 0.6) is 0 Å². The molecule has 0 aliphatic rings. The van der Waals surface area contributed by atoms with Crippen LogP contribution in [-0.2, 0) is 22.3 Å². The van der Waals surface area contributed by atoms with E-state index in [-0.39, 0.29) is 12.3 Å².